The maximum atomic E-state index is 11.5. The second-order valence-corrected chi connectivity index (χ2v) is 12.1. The molecule has 0 aliphatic heterocycles. The minimum Gasteiger partial charge on any atom is -0.550 e. The van der Waals surface area contributed by atoms with Gasteiger partial charge >= 0.3 is 29.6 Å². The number of unbranched alkanes of at least 4 members (excludes halogenated alkanes) is 25. The van der Waals surface area contributed by atoms with E-state index in [9.17, 15) is 9.90 Å². The molecule has 0 amide bonds. The Kier molecular flexibility index (Phi) is 38.4. The first kappa shape index (κ1) is 41.3. The van der Waals surface area contributed by atoms with Crippen molar-refractivity contribution in [1.29, 1.82) is 0 Å². The summed E-state index contributed by atoms with van der Waals surface area (Å²) in [5.41, 5.74) is 0. The normalized spacial score (nSPS) is 12.2. The van der Waals surface area contributed by atoms with Crippen LogP contribution in [0.15, 0.2) is 12.2 Å². The standard InChI is InChI=1S/C36H70O2.Na/c1-3-5-7-9-11-13-15-17-19-20-22-24-26-28-30-32-34-35(36(37)38)33-31-29-27-25-23-21-18-16-14-12-10-8-6-4-2;/h18,21,35H,3-17,19-20,22-34H2,1-2H3,(H,37,38);/q;+1/p-1/b21-18-;. The molecule has 0 saturated carbocycles. The van der Waals surface area contributed by atoms with Crippen molar-refractivity contribution in [2.24, 2.45) is 5.92 Å². The molecular weight excluding hydrogens is 487 g/mol. The number of carbonyl (C=O) groups is 1. The van der Waals surface area contributed by atoms with Gasteiger partial charge in [0.15, 0.2) is 0 Å². The van der Waals surface area contributed by atoms with E-state index >= 15 is 0 Å². The summed E-state index contributed by atoms with van der Waals surface area (Å²) in [6, 6.07) is 0. The Morgan fingerprint density at radius 3 is 1.00 bits per heavy atom. The molecule has 0 spiro atoms. The molecule has 2 nitrogen and oxygen atoms in total. The first-order valence-corrected chi connectivity index (χ1v) is 17.6. The van der Waals surface area contributed by atoms with Crippen molar-refractivity contribution in [2.45, 2.75) is 206 Å². The Morgan fingerprint density at radius 1 is 0.462 bits per heavy atom. The molecule has 0 heterocycles. The summed E-state index contributed by atoms with van der Waals surface area (Å²) in [4.78, 5) is 11.5. The van der Waals surface area contributed by atoms with E-state index in [1.165, 1.54) is 161 Å². The first-order chi connectivity index (χ1) is 18.7. The molecule has 3 heteroatoms. The largest absolute Gasteiger partial charge is 1.00 e. The van der Waals surface area contributed by atoms with E-state index in [-0.39, 0.29) is 35.5 Å². The van der Waals surface area contributed by atoms with Crippen molar-refractivity contribution in [1.82, 2.24) is 0 Å². The van der Waals surface area contributed by atoms with Gasteiger partial charge in [-0.15, -0.1) is 0 Å². The Labute approximate surface area is 268 Å². The van der Waals surface area contributed by atoms with E-state index in [2.05, 4.69) is 26.0 Å². The summed E-state index contributed by atoms with van der Waals surface area (Å²) in [6.07, 6.45) is 43.4. The van der Waals surface area contributed by atoms with Crippen molar-refractivity contribution in [2.75, 3.05) is 0 Å². The number of carbonyl (C=O) groups excluding carboxylic acids is 1. The topological polar surface area (TPSA) is 40.1 Å². The number of carboxylic acid groups (broad SMARTS) is 1. The van der Waals surface area contributed by atoms with Gasteiger partial charge in [0, 0.05) is 5.97 Å². The van der Waals surface area contributed by atoms with Crippen molar-refractivity contribution in [3.05, 3.63) is 12.2 Å². The zero-order valence-corrected chi connectivity index (χ0v) is 29.3. The quantitative estimate of drug-likeness (QED) is 0.0472. The van der Waals surface area contributed by atoms with Crippen LogP contribution < -0.4 is 34.7 Å². The van der Waals surface area contributed by atoms with Gasteiger partial charge in [-0.05, 0) is 44.4 Å². The van der Waals surface area contributed by atoms with Crippen molar-refractivity contribution in [3.63, 3.8) is 0 Å². The van der Waals surface area contributed by atoms with E-state index in [0.29, 0.717) is 0 Å². The molecular formula is C36H69NaO2. The molecule has 39 heavy (non-hydrogen) atoms. The average molecular weight is 557 g/mol. The van der Waals surface area contributed by atoms with Gasteiger partial charge in [-0.2, -0.15) is 0 Å². The summed E-state index contributed by atoms with van der Waals surface area (Å²) < 4.78 is 0. The third-order valence-electron chi connectivity index (χ3n) is 8.30. The summed E-state index contributed by atoms with van der Waals surface area (Å²) in [5, 5.41) is 11.5. The van der Waals surface area contributed by atoms with Gasteiger partial charge in [0.25, 0.3) is 0 Å². The van der Waals surface area contributed by atoms with Crippen molar-refractivity contribution in [3.8, 4) is 0 Å². The molecule has 0 N–H and O–H groups in total. The van der Waals surface area contributed by atoms with Crippen LogP contribution in [0.2, 0.25) is 0 Å². The monoisotopic (exact) mass is 557 g/mol. The smallest absolute Gasteiger partial charge is 0.550 e. The number of hydrogen-bond acceptors (Lipinski definition) is 2. The number of carboxylic acids is 1. The van der Waals surface area contributed by atoms with Crippen LogP contribution in [0.25, 0.3) is 0 Å². The van der Waals surface area contributed by atoms with Crippen molar-refractivity contribution < 1.29 is 39.5 Å². The second kappa shape index (κ2) is 36.2. The summed E-state index contributed by atoms with van der Waals surface area (Å²) >= 11 is 0. The van der Waals surface area contributed by atoms with Gasteiger partial charge in [0.1, 0.15) is 0 Å². The van der Waals surface area contributed by atoms with E-state index in [1.807, 2.05) is 0 Å². The Balaban J connectivity index is 0. The van der Waals surface area contributed by atoms with Gasteiger partial charge in [0.05, 0.1) is 0 Å². The first-order valence-electron chi connectivity index (χ1n) is 17.6. The van der Waals surface area contributed by atoms with Gasteiger partial charge in [-0.1, -0.05) is 180 Å². The van der Waals surface area contributed by atoms with Crippen LogP contribution >= 0.6 is 0 Å². The molecule has 0 saturated heterocycles. The molecule has 0 rings (SSSR count). The third kappa shape index (κ3) is 34.3. The average Bonchev–Trinajstić information content (AvgIpc) is 2.91. The summed E-state index contributed by atoms with van der Waals surface area (Å²) in [6.45, 7) is 4.56. The molecule has 226 valence electrons. The van der Waals surface area contributed by atoms with Crippen molar-refractivity contribution >= 4 is 5.97 Å². The van der Waals surface area contributed by atoms with E-state index in [4.69, 9.17) is 0 Å². The molecule has 0 aromatic carbocycles. The molecule has 0 bridgehead atoms. The van der Waals surface area contributed by atoms with Crippen LogP contribution in [0.1, 0.15) is 206 Å². The molecule has 0 aromatic heterocycles. The maximum Gasteiger partial charge on any atom is 1.00 e. The molecule has 0 aromatic rings. The fraction of sp³-hybridized carbons (Fsp3) is 0.917. The number of hydrogen-bond donors (Lipinski definition) is 0. The molecule has 1 unspecified atom stereocenters. The predicted octanol–water partition coefficient (Wildman–Crippen LogP) is 8.66. The second-order valence-electron chi connectivity index (χ2n) is 12.1. The molecule has 1 atom stereocenters. The van der Waals surface area contributed by atoms with E-state index in [0.717, 1.165) is 32.1 Å². The SMILES string of the molecule is CCCCCCCC/C=C\CCCCCCC(CCCCCCCCCCCCCCCCCC)C(=O)[O-].[Na+]. The minimum atomic E-state index is -0.816. The summed E-state index contributed by atoms with van der Waals surface area (Å²) in [5.74, 6) is -1.04. The zero-order valence-electron chi connectivity index (χ0n) is 27.3. The van der Waals surface area contributed by atoms with Gasteiger partial charge in [0.2, 0.25) is 0 Å². The van der Waals surface area contributed by atoms with Crippen LogP contribution in [-0.4, -0.2) is 5.97 Å². The third-order valence-corrected chi connectivity index (χ3v) is 8.30. The van der Waals surface area contributed by atoms with Crippen LogP contribution in [0.4, 0.5) is 0 Å². The molecule has 0 radical (unpaired) electrons. The zero-order chi connectivity index (χ0) is 27.8. The fourth-order valence-electron chi connectivity index (χ4n) is 5.60. The number of rotatable bonds is 32. The van der Waals surface area contributed by atoms with Crippen LogP contribution in [-0.2, 0) is 4.79 Å². The number of aliphatic carboxylic acids is 1. The van der Waals surface area contributed by atoms with Crippen LogP contribution in [0.3, 0.4) is 0 Å². The van der Waals surface area contributed by atoms with E-state index < -0.39 is 5.97 Å². The molecule has 0 aliphatic rings. The minimum absolute atomic E-state index is 0. The fourth-order valence-corrected chi connectivity index (χ4v) is 5.60. The Hall–Kier alpha value is 0.210. The van der Waals surface area contributed by atoms with Crippen LogP contribution in [0.5, 0.6) is 0 Å². The molecule has 0 aliphatic carbocycles. The summed E-state index contributed by atoms with van der Waals surface area (Å²) in [7, 11) is 0. The Morgan fingerprint density at radius 2 is 0.718 bits per heavy atom. The van der Waals surface area contributed by atoms with Gasteiger partial charge < -0.3 is 9.90 Å². The predicted molar refractivity (Wildman–Crippen MR) is 167 cm³/mol. The van der Waals surface area contributed by atoms with Crippen LogP contribution in [0, 0.1) is 5.92 Å². The maximum absolute atomic E-state index is 11.5. The van der Waals surface area contributed by atoms with E-state index in [1.54, 1.807) is 0 Å². The molecule has 0 fully saturated rings. The van der Waals surface area contributed by atoms with Gasteiger partial charge in [-0.25, -0.2) is 0 Å². The number of allylic oxidation sites excluding steroid dienone is 2. The van der Waals surface area contributed by atoms with Gasteiger partial charge in [-0.3, -0.25) is 0 Å². The Bertz CT molecular complexity index is 490.